The summed E-state index contributed by atoms with van der Waals surface area (Å²) >= 11 is 0. The van der Waals surface area contributed by atoms with E-state index < -0.39 is 5.97 Å². The molecule has 0 spiro atoms. The van der Waals surface area contributed by atoms with Gasteiger partial charge in [0.15, 0.2) is 0 Å². The smallest absolute Gasteiger partial charge is 0.335 e. The van der Waals surface area contributed by atoms with E-state index in [0.29, 0.717) is 12.2 Å². The molecule has 4 bridgehead atoms. The average molecular weight is 419 g/mol. The molecule has 4 nitrogen and oxygen atoms in total. The second-order valence-electron chi connectivity index (χ2n) is 10.7. The van der Waals surface area contributed by atoms with Crippen molar-refractivity contribution in [3.63, 3.8) is 0 Å². The van der Waals surface area contributed by atoms with Gasteiger partial charge in [0.25, 0.3) is 0 Å². The molecule has 162 valence electrons. The van der Waals surface area contributed by atoms with Gasteiger partial charge in [0.1, 0.15) is 18.1 Å². The van der Waals surface area contributed by atoms with Crippen LogP contribution in [0.4, 0.5) is 0 Å². The monoisotopic (exact) mass is 418 g/mol. The molecule has 7 rings (SSSR count). The Labute approximate surface area is 183 Å². The molecule has 4 heteroatoms. The average Bonchev–Trinajstić information content (AvgIpc) is 3.09. The molecule has 1 N–H and O–H groups in total. The summed E-state index contributed by atoms with van der Waals surface area (Å²) in [6.45, 7) is 2.76. The highest BCUT2D eigenvalue weighted by Gasteiger charge is 2.54. The summed E-state index contributed by atoms with van der Waals surface area (Å²) in [5.74, 6) is 3.38. The lowest BCUT2D eigenvalue weighted by molar-refractivity contribution is -0.00604. The lowest BCUT2D eigenvalue weighted by Gasteiger charge is -2.58. The van der Waals surface area contributed by atoms with E-state index in [2.05, 4.69) is 25.1 Å². The first kappa shape index (κ1) is 19.2. The van der Waals surface area contributed by atoms with Gasteiger partial charge in [0.05, 0.1) is 18.1 Å². The number of benzene rings is 2. The van der Waals surface area contributed by atoms with Gasteiger partial charge in [-0.15, -0.1) is 0 Å². The Kier molecular flexibility index (Phi) is 4.03. The standard InChI is InChI=1S/C27H30O4/c1-26(15-31-24-6-3-19(25(28)29)10-23(24)26)21-5-4-20(30-2)11-22(21)27-12-16-7-17(13-27)9-18(8-16)14-27/h3-6,10-11,16-18H,7-9,12-15H2,1-2H3,(H,28,29). The van der Waals surface area contributed by atoms with E-state index in [1.54, 1.807) is 13.2 Å². The Morgan fingerprint density at radius 3 is 2.26 bits per heavy atom. The molecule has 31 heavy (non-hydrogen) atoms. The topological polar surface area (TPSA) is 55.8 Å². The van der Waals surface area contributed by atoms with Gasteiger partial charge < -0.3 is 14.6 Å². The molecule has 0 saturated heterocycles. The van der Waals surface area contributed by atoms with Crippen LogP contribution < -0.4 is 9.47 Å². The predicted molar refractivity (Wildman–Crippen MR) is 118 cm³/mol. The summed E-state index contributed by atoms with van der Waals surface area (Å²) in [6, 6.07) is 11.8. The highest BCUT2D eigenvalue weighted by molar-refractivity contribution is 5.88. The third kappa shape index (κ3) is 2.76. The second kappa shape index (κ2) is 6.51. The molecule has 0 amide bonds. The quantitative estimate of drug-likeness (QED) is 0.706. The minimum Gasteiger partial charge on any atom is -0.497 e. The van der Waals surface area contributed by atoms with Gasteiger partial charge in [-0.05, 0) is 110 Å². The van der Waals surface area contributed by atoms with Crippen LogP contribution in [-0.4, -0.2) is 24.8 Å². The van der Waals surface area contributed by atoms with Crippen LogP contribution in [0.1, 0.15) is 72.5 Å². The van der Waals surface area contributed by atoms with E-state index in [1.807, 2.05) is 12.1 Å². The summed E-state index contributed by atoms with van der Waals surface area (Å²) in [7, 11) is 1.74. The normalized spacial score (nSPS) is 35.0. The van der Waals surface area contributed by atoms with Crippen LogP contribution in [0.25, 0.3) is 0 Å². The van der Waals surface area contributed by atoms with Crippen LogP contribution in [-0.2, 0) is 10.8 Å². The molecule has 2 aromatic rings. The number of carbonyl (C=O) groups is 1. The number of aromatic carboxylic acids is 1. The van der Waals surface area contributed by atoms with Crippen LogP contribution in [0, 0.1) is 17.8 Å². The van der Waals surface area contributed by atoms with E-state index in [1.165, 1.54) is 49.7 Å². The fourth-order valence-electron chi connectivity index (χ4n) is 7.75. The van der Waals surface area contributed by atoms with Crippen LogP contribution >= 0.6 is 0 Å². The summed E-state index contributed by atoms with van der Waals surface area (Å²) in [4.78, 5) is 11.7. The van der Waals surface area contributed by atoms with Gasteiger partial charge >= 0.3 is 5.97 Å². The molecular weight excluding hydrogens is 388 g/mol. The van der Waals surface area contributed by atoms with Crippen LogP contribution in [0.15, 0.2) is 36.4 Å². The Balaban J connectivity index is 1.52. The summed E-state index contributed by atoms with van der Waals surface area (Å²) in [5, 5.41) is 9.58. The van der Waals surface area contributed by atoms with E-state index in [0.717, 1.165) is 34.8 Å². The Hall–Kier alpha value is -2.49. The first-order valence-electron chi connectivity index (χ1n) is 11.6. The van der Waals surface area contributed by atoms with Gasteiger partial charge in [0, 0.05) is 5.56 Å². The number of carboxylic acids is 1. The first-order chi connectivity index (χ1) is 14.9. The van der Waals surface area contributed by atoms with Crippen molar-refractivity contribution < 1.29 is 19.4 Å². The molecule has 0 radical (unpaired) electrons. The molecular formula is C27H30O4. The molecule has 4 aliphatic carbocycles. The maximum atomic E-state index is 11.7. The van der Waals surface area contributed by atoms with Crippen LogP contribution in [0.5, 0.6) is 11.5 Å². The molecule has 1 atom stereocenters. The number of rotatable bonds is 4. The lowest BCUT2D eigenvalue weighted by atomic mass is 9.47. The van der Waals surface area contributed by atoms with Crippen molar-refractivity contribution >= 4 is 5.97 Å². The van der Waals surface area contributed by atoms with E-state index in [9.17, 15) is 9.90 Å². The zero-order valence-corrected chi connectivity index (χ0v) is 18.3. The largest absolute Gasteiger partial charge is 0.497 e. The molecule has 5 aliphatic rings. The van der Waals surface area contributed by atoms with E-state index in [4.69, 9.17) is 9.47 Å². The molecule has 2 aromatic carbocycles. The van der Waals surface area contributed by atoms with Crippen molar-refractivity contribution in [1.29, 1.82) is 0 Å². The number of hydrogen-bond donors (Lipinski definition) is 1. The first-order valence-corrected chi connectivity index (χ1v) is 11.6. The zero-order chi connectivity index (χ0) is 21.4. The Morgan fingerprint density at radius 1 is 0.968 bits per heavy atom. The lowest BCUT2D eigenvalue weighted by Crippen LogP contribution is -2.49. The third-order valence-corrected chi connectivity index (χ3v) is 8.77. The minimum atomic E-state index is -0.895. The van der Waals surface area contributed by atoms with Gasteiger partial charge in [-0.1, -0.05) is 6.07 Å². The third-order valence-electron chi connectivity index (χ3n) is 8.77. The number of fused-ring (bicyclic) bond motifs is 1. The van der Waals surface area contributed by atoms with Crippen molar-refractivity contribution in [1.82, 2.24) is 0 Å². The SMILES string of the molecule is COc1ccc(C2(C)COc3ccc(C(=O)O)cc32)c(C23CC4CC(CC(C4)C2)C3)c1. The van der Waals surface area contributed by atoms with Crippen LogP contribution in [0.3, 0.4) is 0 Å². The molecule has 1 aliphatic heterocycles. The van der Waals surface area contributed by atoms with E-state index >= 15 is 0 Å². The van der Waals surface area contributed by atoms with Crippen molar-refractivity contribution in [2.75, 3.05) is 13.7 Å². The molecule has 0 aromatic heterocycles. The number of hydrogen-bond acceptors (Lipinski definition) is 3. The van der Waals surface area contributed by atoms with Gasteiger partial charge in [0.2, 0.25) is 0 Å². The Morgan fingerprint density at radius 2 is 1.65 bits per heavy atom. The maximum Gasteiger partial charge on any atom is 0.335 e. The number of ether oxygens (including phenoxy) is 2. The summed E-state index contributed by atoms with van der Waals surface area (Å²) in [6.07, 6.45) is 8.05. The molecule has 4 fully saturated rings. The van der Waals surface area contributed by atoms with Gasteiger partial charge in [-0.25, -0.2) is 4.79 Å². The summed E-state index contributed by atoms with van der Waals surface area (Å²) in [5.41, 5.74) is 3.87. The van der Waals surface area contributed by atoms with Crippen molar-refractivity contribution in [2.24, 2.45) is 17.8 Å². The minimum absolute atomic E-state index is 0.217. The number of carboxylic acid groups (broad SMARTS) is 1. The van der Waals surface area contributed by atoms with Crippen molar-refractivity contribution in [2.45, 2.75) is 56.3 Å². The van der Waals surface area contributed by atoms with Crippen molar-refractivity contribution in [3.8, 4) is 11.5 Å². The molecule has 1 heterocycles. The van der Waals surface area contributed by atoms with Gasteiger partial charge in [-0.3, -0.25) is 0 Å². The highest BCUT2D eigenvalue weighted by Crippen LogP contribution is 2.62. The molecule has 1 unspecified atom stereocenters. The fourth-order valence-corrected chi connectivity index (χ4v) is 7.75. The fraction of sp³-hybridized carbons (Fsp3) is 0.519. The highest BCUT2D eigenvalue weighted by atomic mass is 16.5. The maximum absolute atomic E-state index is 11.7. The molecule has 4 saturated carbocycles. The van der Waals surface area contributed by atoms with Gasteiger partial charge in [-0.2, -0.15) is 0 Å². The zero-order valence-electron chi connectivity index (χ0n) is 18.3. The Bertz CT molecular complexity index is 1040. The second-order valence-corrected chi connectivity index (χ2v) is 10.7. The predicted octanol–water partition coefficient (Wildman–Crippen LogP) is 5.56. The van der Waals surface area contributed by atoms with Crippen LogP contribution in [0.2, 0.25) is 0 Å². The number of methoxy groups -OCH3 is 1. The summed E-state index contributed by atoms with van der Waals surface area (Å²) < 4.78 is 11.8. The van der Waals surface area contributed by atoms with Crippen molar-refractivity contribution in [3.05, 3.63) is 58.7 Å². The van der Waals surface area contributed by atoms with E-state index in [-0.39, 0.29) is 10.8 Å².